The Balaban J connectivity index is 1.76. The van der Waals surface area contributed by atoms with E-state index in [9.17, 15) is 19.8 Å². The lowest BCUT2D eigenvalue weighted by molar-refractivity contribution is -0.225. The normalized spacial score (nSPS) is 60.7. The van der Waals surface area contributed by atoms with Gasteiger partial charge in [0.1, 0.15) is 30.0 Å². The van der Waals surface area contributed by atoms with Gasteiger partial charge in [-0.15, -0.1) is 0 Å². The molecule has 5 aliphatic rings. The van der Waals surface area contributed by atoms with Crippen molar-refractivity contribution >= 4 is 11.9 Å². The third-order valence-electron chi connectivity index (χ3n) is 6.69. The zero-order chi connectivity index (χ0) is 15.8. The van der Waals surface area contributed by atoms with Crippen molar-refractivity contribution in [2.24, 2.45) is 23.2 Å². The van der Waals surface area contributed by atoms with Crippen molar-refractivity contribution in [1.29, 1.82) is 0 Å². The number of hydrogen-bond donors (Lipinski definition) is 2. The quantitative estimate of drug-likeness (QED) is 0.472. The summed E-state index contributed by atoms with van der Waals surface area (Å²) < 4.78 is 16.5. The molecule has 0 radical (unpaired) electrons. The first-order chi connectivity index (χ1) is 10.1. The number of carbonyl (C=O) groups is 2. The third kappa shape index (κ3) is 1.04. The predicted molar refractivity (Wildman–Crippen MR) is 68.2 cm³/mol. The summed E-state index contributed by atoms with van der Waals surface area (Å²) in [7, 11) is 0. The minimum absolute atomic E-state index is 0.401. The van der Waals surface area contributed by atoms with E-state index in [0.29, 0.717) is 0 Å². The Hall–Kier alpha value is -1.18. The second kappa shape index (κ2) is 3.20. The van der Waals surface area contributed by atoms with Gasteiger partial charge in [-0.2, -0.15) is 0 Å². The molecule has 9 atom stereocenters. The molecule has 0 aromatic carbocycles. The summed E-state index contributed by atoms with van der Waals surface area (Å²) in [6, 6.07) is 0. The first kappa shape index (κ1) is 13.3. The lowest BCUT2D eigenvalue weighted by Gasteiger charge is -2.53. The molecule has 120 valence electrons. The minimum atomic E-state index is -1.55. The molecule has 3 aliphatic heterocycles. The van der Waals surface area contributed by atoms with Gasteiger partial charge in [0, 0.05) is 5.92 Å². The Morgan fingerprint density at radius 2 is 1.68 bits per heavy atom. The largest absolute Gasteiger partial charge is 0.458 e. The van der Waals surface area contributed by atoms with Crippen molar-refractivity contribution in [3.63, 3.8) is 0 Å². The zero-order valence-corrected chi connectivity index (χ0v) is 12.5. The summed E-state index contributed by atoms with van der Waals surface area (Å²) in [5, 5.41) is 22.0. The summed E-state index contributed by atoms with van der Waals surface area (Å²) in [6.07, 6.45) is -2.44. The predicted octanol–water partition coefficient (Wildman–Crippen LogP) is -1.01. The van der Waals surface area contributed by atoms with Gasteiger partial charge in [0.25, 0.3) is 0 Å². The molecule has 2 N–H and O–H groups in total. The SMILES string of the molecule is CC(C)(O)[C@@H]1[C@@H]2OC(=O)[C@H]1[C@]1(O)C3O[C@H]3C3C(=O)O[C@H]2[C@@]31C. The number of aliphatic hydroxyl groups is 2. The van der Waals surface area contributed by atoms with E-state index in [1.807, 2.05) is 0 Å². The van der Waals surface area contributed by atoms with E-state index in [2.05, 4.69) is 0 Å². The molecule has 3 heterocycles. The van der Waals surface area contributed by atoms with Crippen LogP contribution in [-0.2, 0) is 23.8 Å². The number of rotatable bonds is 1. The average molecular weight is 310 g/mol. The maximum atomic E-state index is 12.4. The van der Waals surface area contributed by atoms with Crippen molar-refractivity contribution < 1.29 is 34.0 Å². The molecular formula is C15H18O7. The van der Waals surface area contributed by atoms with Gasteiger partial charge in [-0.3, -0.25) is 9.59 Å². The van der Waals surface area contributed by atoms with Crippen LogP contribution in [-0.4, -0.2) is 57.8 Å². The number of fused-ring (bicyclic) bond motifs is 7. The van der Waals surface area contributed by atoms with Crippen LogP contribution in [0.1, 0.15) is 20.8 Å². The molecule has 22 heavy (non-hydrogen) atoms. The Bertz CT molecular complexity index is 624. The molecular weight excluding hydrogens is 292 g/mol. The van der Waals surface area contributed by atoms with E-state index < -0.39 is 70.7 Å². The number of esters is 2. The highest BCUT2D eigenvalue weighted by Gasteiger charge is 2.91. The van der Waals surface area contributed by atoms with Crippen molar-refractivity contribution in [3.05, 3.63) is 0 Å². The molecule has 0 aromatic rings. The molecule has 2 aliphatic carbocycles. The van der Waals surface area contributed by atoms with Crippen LogP contribution in [0, 0.1) is 23.2 Å². The van der Waals surface area contributed by atoms with Crippen LogP contribution in [0.15, 0.2) is 0 Å². The molecule has 2 bridgehead atoms. The molecule has 7 heteroatoms. The highest BCUT2D eigenvalue weighted by atomic mass is 16.6. The van der Waals surface area contributed by atoms with Crippen LogP contribution in [0.5, 0.6) is 0 Å². The van der Waals surface area contributed by atoms with Gasteiger partial charge in [-0.25, -0.2) is 0 Å². The van der Waals surface area contributed by atoms with Crippen LogP contribution >= 0.6 is 0 Å². The van der Waals surface area contributed by atoms with E-state index in [0.717, 1.165) is 0 Å². The van der Waals surface area contributed by atoms with Gasteiger partial charge >= 0.3 is 11.9 Å². The molecule has 5 fully saturated rings. The average Bonchev–Trinajstić information content (AvgIpc) is 2.96. The van der Waals surface area contributed by atoms with E-state index >= 15 is 0 Å². The second-order valence-corrected chi connectivity index (χ2v) is 8.02. The van der Waals surface area contributed by atoms with Gasteiger partial charge < -0.3 is 24.4 Å². The molecule has 0 aromatic heterocycles. The highest BCUT2D eigenvalue weighted by molar-refractivity contribution is 5.85. The van der Waals surface area contributed by atoms with Gasteiger partial charge in [-0.05, 0) is 13.8 Å². The minimum Gasteiger partial charge on any atom is -0.458 e. The first-order valence-electron chi connectivity index (χ1n) is 7.64. The van der Waals surface area contributed by atoms with Gasteiger partial charge in [0.15, 0.2) is 0 Å². The van der Waals surface area contributed by atoms with E-state index in [1.165, 1.54) is 0 Å². The molecule has 2 unspecified atom stereocenters. The fourth-order valence-electron chi connectivity index (χ4n) is 5.78. The van der Waals surface area contributed by atoms with Crippen molar-refractivity contribution in [2.45, 2.75) is 56.4 Å². The lowest BCUT2D eigenvalue weighted by Crippen LogP contribution is -2.69. The van der Waals surface area contributed by atoms with Crippen molar-refractivity contribution in [2.75, 3.05) is 0 Å². The topological polar surface area (TPSA) is 106 Å². The summed E-state index contributed by atoms with van der Waals surface area (Å²) >= 11 is 0. The van der Waals surface area contributed by atoms with Crippen molar-refractivity contribution in [1.82, 2.24) is 0 Å². The Morgan fingerprint density at radius 1 is 1.05 bits per heavy atom. The molecule has 0 amide bonds. The van der Waals surface area contributed by atoms with Crippen molar-refractivity contribution in [3.8, 4) is 0 Å². The molecule has 7 nitrogen and oxygen atoms in total. The summed E-state index contributed by atoms with van der Waals surface area (Å²) in [5.74, 6) is -3.07. The maximum Gasteiger partial charge on any atom is 0.312 e. The maximum absolute atomic E-state index is 12.4. The molecule has 3 saturated heterocycles. The summed E-state index contributed by atoms with van der Waals surface area (Å²) in [6.45, 7) is 4.95. The Morgan fingerprint density at radius 3 is 2.32 bits per heavy atom. The number of carbonyl (C=O) groups excluding carboxylic acids is 2. The third-order valence-corrected chi connectivity index (χ3v) is 6.69. The highest BCUT2D eigenvalue weighted by Crippen LogP contribution is 2.73. The van der Waals surface area contributed by atoms with E-state index in [4.69, 9.17) is 14.2 Å². The lowest BCUT2D eigenvalue weighted by atomic mass is 9.52. The fraction of sp³-hybridized carbons (Fsp3) is 0.867. The van der Waals surface area contributed by atoms with E-state index in [1.54, 1.807) is 20.8 Å². The van der Waals surface area contributed by atoms with Gasteiger partial charge in [0.05, 0.1) is 22.9 Å². The monoisotopic (exact) mass is 310 g/mol. The van der Waals surface area contributed by atoms with Crippen LogP contribution < -0.4 is 0 Å². The van der Waals surface area contributed by atoms with Crippen LogP contribution in [0.25, 0.3) is 0 Å². The fourth-order valence-corrected chi connectivity index (χ4v) is 5.78. The summed E-state index contributed by atoms with van der Waals surface area (Å²) in [5.41, 5.74) is -3.72. The summed E-state index contributed by atoms with van der Waals surface area (Å²) in [4.78, 5) is 24.7. The molecule has 5 rings (SSSR count). The molecule has 2 saturated carbocycles. The first-order valence-corrected chi connectivity index (χ1v) is 7.64. The second-order valence-electron chi connectivity index (χ2n) is 8.02. The molecule has 0 spiro atoms. The smallest absolute Gasteiger partial charge is 0.312 e. The van der Waals surface area contributed by atoms with Gasteiger partial charge in [-0.1, -0.05) is 6.92 Å². The van der Waals surface area contributed by atoms with Crippen LogP contribution in [0.3, 0.4) is 0 Å². The number of epoxide rings is 1. The number of ether oxygens (including phenoxy) is 3. The Labute approximate surface area is 126 Å². The van der Waals surface area contributed by atoms with Crippen LogP contribution in [0.4, 0.5) is 0 Å². The standard InChI is InChI=1S/C15H18O7/c1-13(2,18)4-5-11(16)21-7(4)9-14(3)6(12(17)22-9)8-10(20-8)15(5,14)19/h4-10,18-19H,1-3H3/t4-,5-,6?,7-,8-,9+,10?,14+,15-/m0/s1. The Kier molecular flexibility index (Phi) is 1.93. The van der Waals surface area contributed by atoms with E-state index in [-0.39, 0.29) is 0 Å². The van der Waals surface area contributed by atoms with Crippen LogP contribution in [0.2, 0.25) is 0 Å². The van der Waals surface area contributed by atoms with Gasteiger partial charge in [0.2, 0.25) is 0 Å². The number of hydrogen-bond acceptors (Lipinski definition) is 7. The zero-order valence-electron chi connectivity index (χ0n) is 12.5.